The average Bonchev–Trinajstić information content (AvgIpc) is 3.36. The molecule has 0 aliphatic carbocycles. The van der Waals surface area contributed by atoms with E-state index in [1.165, 1.54) is 23.3 Å². The summed E-state index contributed by atoms with van der Waals surface area (Å²) in [6.45, 7) is 2.48. The number of urea groups is 1. The Morgan fingerprint density at radius 1 is 1.36 bits per heavy atom. The Hall–Kier alpha value is -2.40. The van der Waals surface area contributed by atoms with Crippen molar-refractivity contribution < 1.29 is 4.79 Å². The highest BCUT2D eigenvalue weighted by Gasteiger charge is 2.50. The maximum absolute atomic E-state index is 12.9. The lowest BCUT2D eigenvalue weighted by Gasteiger charge is -2.56. The van der Waals surface area contributed by atoms with Crippen LogP contribution in [0.5, 0.6) is 0 Å². The predicted octanol–water partition coefficient (Wildman–Crippen LogP) is 2.81. The van der Waals surface area contributed by atoms with E-state index < -0.39 is 0 Å². The third-order valence-corrected chi connectivity index (χ3v) is 6.90. The number of piperidine rings is 1. The van der Waals surface area contributed by atoms with Crippen LogP contribution in [-0.4, -0.2) is 66.7 Å². The van der Waals surface area contributed by atoms with Gasteiger partial charge in [-0.05, 0) is 31.6 Å². The van der Waals surface area contributed by atoms with Crippen molar-refractivity contribution in [2.24, 2.45) is 0 Å². The first kappa shape index (κ1) is 17.7. The first-order valence-electron chi connectivity index (χ1n) is 9.18. The lowest BCUT2D eigenvalue weighted by molar-refractivity contribution is 0.0183. The molecule has 0 saturated carbocycles. The summed E-state index contributed by atoms with van der Waals surface area (Å²) in [7, 11) is 0. The predicted molar refractivity (Wildman–Crippen MR) is 110 cm³/mol. The van der Waals surface area contributed by atoms with Crippen molar-refractivity contribution >= 4 is 51.3 Å². The van der Waals surface area contributed by atoms with Crippen LogP contribution in [0.2, 0.25) is 0 Å². The molecule has 2 aliphatic heterocycles. The van der Waals surface area contributed by atoms with E-state index in [-0.39, 0.29) is 11.6 Å². The Morgan fingerprint density at radius 3 is 3.07 bits per heavy atom. The van der Waals surface area contributed by atoms with Crippen LogP contribution in [0.3, 0.4) is 0 Å². The number of carbonyl (C=O) groups excluding carboxylic acids is 1. The quantitative estimate of drug-likeness (QED) is 0.633. The van der Waals surface area contributed by atoms with Gasteiger partial charge in [-0.15, -0.1) is 0 Å². The van der Waals surface area contributed by atoms with Gasteiger partial charge in [0.25, 0.3) is 0 Å². The highest BCUT2D eigenvalue weighted by atomic mass is 32.2. The number of aromatic amines is 1. The first-order chi connectivity index (χ1) is 13.7. The van der Waals surface area contributed by atoms with E-state index >= 15 is 0 Å². The van der Waals surface area contributed by atoms with E-state index in [0.717, 1.165) is 55.7 Å². The third kappa shape index (κ3) is 2.89. The van der Waals surface area contributed by atoms with E-state index in [0.29, 0.717) is 10.3 Å². The minimum Gasteiger partial charge on any atom is -0.354 e. The molecule has 0 aromatic carbocycles. The molecule has 2 aliphatic rings. The van der Waals surface area contributed by atoms with Crippen molar-refractivity contribution in [2.75, 3.05) is 36.1 Å². The smallest absolute Gasteiger partial charge is 0.324 e. The molecule has 0 radical (unpaired) electrons. The first-order valence-corrected chi connectivity index (χ1v) is 11.2. The zero-order chi connectivity index (χ0) is 19.1. The number of amides is 2. The number of aromatic nitrogens is 5. The molecule has 5 heterocycles. The number of nitrogens with zero attached hydrogens (tertiary/aromatic N) is 6. The number of likely N-dealkylation sites (tertiary alicyclic amines) is 1. The maximum Gasteiger partial charge on any atom is 0.324 e. The zero-order valence-electron chi connectivity index (χ0n) is 15.4. The largest absolute Gasteiger partial charge is 0.354 e. The van der Waals surface area contributed by atoms with Gasteiger partial charge in [0.15, 0.2) is 0 Å². The van der Waals surface area contributed by atoms with Crippen molar-refractivity contribution in [3.63, 3.8) is 0 Å². The number of hydrogen-bond acceptors (Lipinski definition) is 8. The van der Waals surface area contributed by atoms with Gasteiger partial charge in [-0.2, -0.15) is 9.36 Å². The highest BCUT2D eigenvalue weighted by molar-refractivity contribution is 7.98. The summed E-state index contributed by atoms with van der Waals surface area (Å²) in [5.74, 6) is 0.936. The maximum atomic E-state index is 12.9. The molecule has 2 N–H and O–H groups in total. The summed E-state index contributed by atoms with van der Waals surface area (Å²) in [6.07, 6.45) is 8.43. The van der Waals surface area contributed by atoms with Crippen LogP contribution >= 0.6 is 23.3 Å². The Morgan fingerprint density at radius 2 is 2.29 bits per heavy atom. The van der Waals surface area contributed by atoms with Crippen molar-refractivity contribution in [3.05, 3.63) is 18.6 Å². The number of hydrogen-bond donors (Lipinski definition) is 2. The Kier molecular flexibility index (Phi) is 4.35. The van der Waals surface area contributed by atoms with E-state index in [9.17, 15) is 4.79 Å². The summed E-state index contributed by atoms with van der Waals surface area (Å²) >= 11 is 2.69. The number of H-pyrrole nitrogens is 1. The fraction of sp³-hybridized carbons (Fsp3) is 0.471. The number of nitrogens with one attached hydrogen (secondary N) is 2. The second-order valence-electron chi connectivity index (χ2n) is 7.10. The third-order valence-electron chi connectivity index (χ3n) is 5.61. The van der Waals surface area contributed by atoms with E-state index in [2.05, 4.69) is 34.5 Å². The molecular weight excluding hydrogens is 396 g/mol. The molecule has 9 nitrogen and oxygen atoms in total. The Labute approximate surface area is 170 Å². The molecule has 11 heteroatoms. The van der Waals surface area contributed by atoms with E-state index in [4.69, 9.17) is 0 Å². The highest BCUT2D eigenvalue weighted by Crippen LogP contribution is 2.40. The van der Waals surface area contributed by atoms with Crippen molar-refractivity contribution in [1.29, 1.82) is 0 Å². The molecular formula is C17H20N8OS2. The van der Waals surface area contributed by atoms with Crippen LogP contribution in [0.15, 0.2) is 23.7 Å². The number of fused-ring (bicyclic) bond motifs is 1. The normalized spacial score (nSPS) is 21.9. The summed E-state index contributed by atoms with van der Waals surface area (Å²) in [4.78, 5) is 33.4. The van der Waals surface area contributed by atoms with Gasteiger partial charge in [0.2, 0.25) is 10.3 Å². The van der Waals surface area contributed by atoms with E-state index in [1.54, 1.807) is 6.33 Å². The molecule has 2 amide bonds. The van der Waals surface area contributed by atoms with Gasteiger partial charge in [0.1, 0.15) is 17.8 Å². The molecule has 2 saturated heterocycles. The van der Waals surface area contributed by atoms with Crippen molar-refractivity contribution in [2.45, 2.75) is 30.0 Å². The van der Waals surface area contributed by atoms with Gasteiger partial charge in [-0.25, -0.2) is 14.8 Å². The van der Waals surface area contributed by atoms with Crippen LogP contribution in [0, 0.1) is 0 Å². The van der Waals surface area contributed by atoms with Crippen LogP contribution in [0.4, 0.5) is 15.7 Å². The van der Waals surface area contributed by atoms with Crippen LogP contribution in [0.25, 0.3) is 11.0 Å². The fourth-order valence-corrected chi connectivity index (χ4v) is 5.30. The standard InChI is InChI=1S/C17H20N8OS2/c1-27-15-21-14(28-23-15)22-16(26)25-8-5-17(25)4-2-7-24(9-17)13-11-3-6-18-12(11)19-10-20-13/h3,6,10H,2,4-5,7-9H2,1H3,(H,18,19,20)(H,21,22,23,26). The molecule has 3 aromatic rings. The average molecular weight is 417 g/mol. The van der Waals surface area contributed by atoms with Crippen LogP contribution in [0.1, 0.15) is 19.3 Å². The molecule has 3 aromatic heterocycles. The lowest BCUT2D eigenvalue weighted by atomic mass is 9.78. The van der Waals surface area contributed by atoms with Gasteiger partial charge in [0, 0.05) is 37.4 Å². The second-order valence-corrected chi connectivity index (χ2v) is 8.63. The topological polar surface area (TPSA) is 103 Å². The van der Waals surface area contributed by atoms with Crippen molar-refractivity contribution in [1.82, 2.24) is 29.2 Å². The summed E-state index contributed by atoms with van der Waals surface area (Å²) in [5, 5.41) is 5.17. The SMILES string of the molecule is CSc1nsc(NC(=O)N2CCC23CCCN(c2ncnc4[nH]ccc24)C3)n1. The van der Waals surface area contributed by atoms with Gasteiger partial charge in [-0.1, -0.05) is 11.8 Å². The molecule has 0 bridgehead atoms. The minimum absolute atomic E-state index is 0.0913. The number of rotatable bonds is 3. The number of carbonyl (C=O) groups is 1. The number of anilines is 2. The fourth-order valence-electron chi connectivity index (χ4n) is 4.19. The molecule has 1 atom stereocenters. The van der Waals surface area contributed by atoms with Crippen molar-refractivity contribution in [3.8, 4) is 0 Å². The molecule has 28 heavy (non-hydrogen) atoms. The monoisotopic (exact) mass is 416 g/mol. The Bertz CT molecular complexity index is 1020. The lowest BCUT2D eigenvalue weighted by Crippen LogP contribution is -2.69. The zero-order valence-corrected chi connectivity index (χ0v) is 17.0. The van der Waals surface area contributed by atoms with E-state index in [1.807, 2.05) is 23.4 Å². The number of thioether (sulfide) groups is 1. The van der Waals surface area contributed by atoms with Crippen LogP contribution in [-0.2, 0) is 0 Å². The summed E-state index contributed by atoms with van der Waals surface area (Å²) in [5.41, 5.74) is 0.692. The van der Waals surface area contributed by atoms with Crippen LogP contribution < -0.4 is 10.2 Å². The van der Waals surface area contributed by atoms with Gasteiger partial charge in [0.05, 0.1) is 10.9 Å². The summed E-state index contributed by atoms with van der Waals surface area (Å²) < 4.78 is 4.21. The molecule has 1 unspecified atom stereocenters. The van der Waals surface area contributed by atoms with Gasteiger partial charge < -0.3 is 14.8 Å². The minimum atomic E-state index is -0.150. The summed E-state index contributed by atoms with van der Waals surface area (Å²) in [6, 6.07) is 1.92. The molecule has 2 fully saturated rings. The van der Waals surface area contributed by atoms with Gasteiger partial charge in [-0.3, -0.25) is 5.32 Å². The molecule has 1 spiro atoms. The molecule has 146 valence electrons. The van der Waals surface area contributed by atoms with Gasteiger partial charge >= 0.3 is 6.03 Å². The molecule has 5 rings (SSSR count). The second kappa shape index (κ2) is 6.89. The Balaban J connectivity index is 1.34.